The van der Waals surface area contributed by atoms with Crippen molar-refractivity contribution in [2.45, 2.75) is 0 Å². The van der Waals surface area contributed by atoms with Gasteiger partial charge in [0.15, 0.2) is 11.5 Å². The first-order valence-electron chi connectivity index (χ1n) is 8.58. The summed E-state index contributed by atoms with van der Waals surface area (Å²) >= 11 is 0. The summed E-state index contributed by atoms with van der Waals surface area (Å²) in [6.07, 6.45) is 5.05. The summed E-state index contributed by atoms with van der Waals surface area (Å²) in [5.74, 6) is 0.121. The summed E-state index contributed by atoms with van der Waals surface area (Å²) in [6.45, 7) is 0. The number of aromatic hydroxyl groups is 2. The molecule has 2 N–H and O–H groups in total. The van der Waals surface area contributed by atoms with E-state index in [-0.39, 0.29) is 17.4 Å². The number of ether oxygens (including phenoxy) is 1. The average molecular weight is 373 g/mol. The summed E-state index contributed by atoms with van der Waals surface area (Å²) in [5.41, 5.74) is 2.58. The lowest BCUT2D eigenvalue weighted by molar-refractivity contribution is 0.100. The molecule has 3 aromatic rings. The van der Waals surface area contributed by atoms with Gasteiger partial charge in [0.05, 0.1) is 7.11 Å². The lowest BCUT2D eigenvalue weighted by Gasteiger charge is -2.04. The number of carbonyl (C=O) groups excluding carboxylic acids is 1. The highest BCUT2D eigenvalue weighted by molar-refractivity contribution is 6.02. The molecule has 0 bridgehead atoms. The van der Waals surface area contributed by atoms with Gasteiger partial charge in [0, 0.05) is 17.3 Å². The minimum absolute atomic E-state index is 0.0352. The molecule has 0 unspecified atom stereocenters. The number of aliphatic imine (C=N–C) groups is 1. The van der Waals surface area contributed by atoms with Crippen LogP contribution in [0.1, 0.15) is 27.0 Å². The third-order valence-corrected chi connectivity index (χ3v) is 4.07. The van der Waals surface area contributed by atoms with Gasteiger partial charge in [-0.1, -0.05) is 42.5 Å². The number of amides is 1. The Morgan fingerprint density at radius 1 is 0.893 bits per heavy atom. The topological polar surface area (TPSA) is 79.1 Å². The zero-order chi connectivity index (χ0) is 19.9. The van der Waals surface area contributed by atoms with Gasteiger partial charge in [0.1, 0.15) is 5.75 Å². The van der Waals surface area contributed by atoms with Gasteiger partial charge in [-0.2, -0.15) is 0 Å². The Morgan fingerprint density at radius 2 is 1.54 bits per heavy atom. The van der Waals surface area contributed by atoms with Gasteiger partial charge in [-0.05, 0) is 47.5 Å². The van der Waals surface area contributed by atoms with E-state index in [0.717, 1.165) is 11.1 Å². The van der Waals surface area contributed by atoms with Crippen LogP contribution in [0.5, 0.6) is 17.2 Å². The van der Waals surface area contributed by atoms with Gasteiger partial charge in [0.2, 0.25) is 0 Å². The fraction of sp³-hybridized carbons (Fsp3) is 0.0435. The molecule has 0 fully saturated rings. The molecule has 0 spiro atoms. The number of nitrogens with zero attached hydrogens (tertiary/aromatic N) is 1. The van der Waals surface area contributed by atoms with Crippen LogP contribution in [-0.4, -0.2) is 29.4 Å². The van der Waals surface area contributed by atoms with E-state index in [1.165, 1.54) is 13.3 Å². The summed E-state index contributed by atoms with van der Waals surface area (Å²) in [5, 5.41) is 19.7. The van der Waals surface area contributed by atoms with Crippen molar-refractivity contribution in [3.8, 4) is 17.2 Å². The third-order valence-electron chi connectivity index (χ3n) is 4.07. The standard InChI is InChI=1S/C23H19NO4/c1-28-22-14-17(10-12-21(22)26)8-7-16-9-11-20(25)19(13-16)15-24-23(27)18-5-3-2-4-6-18/h2-15,25-26H,1H3. The van der Waals surface area contributed by atoms with Crippen LogP contribution in [0.15, 0.2) is 71.7 Å². The zero-order valence-electron chi connectivity index (χ0n) is 15.2. The van der Waals surface area contributed by atoms with Gasteiger partial charge in [0.25, 0.3) is 5.91 Å². The van der Waals surface area contributed by atoms with Crippen LogP contribution in [0.2, 0.25) is 0 Å². The Labute approximate surface area is 162 Å². The van der Waals surface area contributed by atoms with Crippen molar-refractivity contribution in [1.29, 1.82) is 0 Å². The molecule has 28 heavy (non-hydrogen) atoms. The zero-order valence-corrected chi connectivity index (χ0v) is 15.2. The number of carbonyl (C=O) groups is 1. The van der Waals surface area contributed by atoms with Gasteiger partial charge < -0.3 is 14.9 Å². The monoisotopic (exact) mass is 373 g/mol. The Hall–Kier alpha value is -3.86. The van der Waals surface area contributed by atoms with E-state index in [9.17, 15) is 15.0 Å². The molecular formula is C23H19NO4. The summed E-state index contributed by atoms with van der Waals surface area (Å²) in [7, 11) is 1.49. The smallest absolute Gasteiger partial charge is 0.276 e. The van der Waals surface area contributed by atoms with Crippen LogP contribution >= 0.6 is 0 Å². The maximum absolute atomic E-state index is 12.1. The number of hydrogen-bond donors (Lipinski definition) is 2. The Morgan fingerprint density at radius 3 is 2.21 bits per heavy atom. The minimum atomic E-state index is -0.378. The van der Waals surface area contributed by atoms with Gasteiger partial charge in [-0.25, -0.2) is 4.99 Å². The summed E-state index contributed by atoms with van der Waals surface area (Å²) < 4.78 is 5.10. The van der Waals surface area contributed by atoms with Crippen molar-refractivity contribution in [2.24, 2.45) is 4.99 Å². The molecule has 3 aromatic carbocycles. The molecule has 0 radical (unpaired) electrons. The van der Waals surface area contributed by atoms with E-state index in [0.29, 0.717) is 16.9 Å². The van der Waals surface area contributed by atoms with Crippen LogP contribution in [-0.2, 0) is 0 Å². The SMILES string of the molecule is COc1cc(C=Cc2ccc(O)c(C=NC(=O)c3ccccc3)c2)ccc1O. The fourth-order valence-electron chi connectivity index (χ4n) is 2.55. The first-order chi connectivity index (χ1) is 13.6. The van der Waals surface area contributed by atoms with Crippen molar-refractivity contribution in [3.63, 3.8) is 0 Å². The van der Waals surface area contributed by atoms with Crippen LogP contribution in [0.3, 0.4) is 0 Å². The molecule has 0 aliphatic heterocycles. The predicted molar refractivity (Wildman–Crippen MR) is 110 cm³/mol. The number of benzene rings is 3. The molecule has 0 aliphatic rings. The van der Waals surface area contributed by atoms with Crippen molar-refractivity contribution >= 4 is 24.3 Å². The first kappa shape index (κ1) is 18.9. The van der Waals surface area contributed by atoms with E-state index < -0.39 is 0 Å². The molecule has 1 amide bonds. The number of rotatable bonds is 5. The molecule has 0 atom stereocenters. The number of hydrogen-bond acceptors (Lipinski definition) is 4. The first-order valence-corrected chi connectivity index (χ1v) is 8.58. The Kier molecular flexibility index (Phi) is 5.87. The number of phenolic OH excluding ortho intramolecular Hbond substituents is 2. The van der Waals surface area contributed by atoms with E-state index in [1.807, 2.05) is 18.2 Å². The summed E-state index contributed by atoms with van der Waals surface area (Å²) in [4.78, 5) is 16.0. The molecular weight excluding hydrogens is 354 g/mol. The highest BCUT2D eigenvalue weighted by atomic mass is 16.5. The third kappa shape index (κ3) is 4.65. The Balaban J connectivity index is 1.79. The van der Waals surface area contributed by atoms with E-state index in [1.54, 1.807) is 60.7 Å². The summed E-state index contributed by atoms with van der Waals surface area (Å²) in [6, 6.07) is 18.8. The molecule has 0 aliphatic carbocycles. The van der Waals surface area contributed by atoms with Crippen LogP contribution < -0.4 is 4.74 Å². The van der Waals surface area contributed by atoms with Crippen LogP contribution in [0.25, 0.3) is 12.2 Å². The lowest BCUT2D eigenvalue weighted by atomic mass is 10.1. The second kappa shape index (κ2) is 8.68. The van der Waals surface area contributed by atoms with Gasteiger partial charge >= 0.3 is 0 Å². The van der Waals surface area contributed by atoms with Gasteiger partial charge in [-0.3, -0.25) is 4.79 Å². The van der Waals surface area contributed by atoms with Crippen molar-refractivity contribution in [2.75, 3.05) is 7.11 Å². The van der Waals surface area contributed by atoms with E-state index in [2.05, 4.69) is 4.99 Å². The maximum atomic E-state index is 12.1. The quantitative estimate of drug-likeness (QED) is 0.508. The predicted octanol–water partition coefficient (Wildman–Crippen LogP) is 4.54. The maximum Gasteiger partial charge on any atom is 0.276 e. The van der Waals surface area contributed by atoms with Crippen LogP contribution in [0, 0.1) is 0 Å². The molecule has 140 valence electrons. The molecule has 0 saturated carbocycles. The molecule has 5 nitrogen and oxygen atoms in total. The van der Waals surface area contributed by atoms with Crippen molar-refractivity contribution < 1.29 is 19.7 Å². The molecule has 0 aromatic heterocycles. The van der Waals surface area contributed by atoms with Gasteiger partial charge in [-0.15, -0.1) is 0 Å². The largest absolute Gasteiger partial charge is 0.507 e. The lowest BCUT2D eigenvalue weighted by Crippen LogP contribution is -1.95. The second-order valence-electron chi connectivity index (χ2n) is 6.01. The van der Waals surface area contributed by atoms with E-state index >= 15 is 0 Å². The highest BCUT2D eigenvalue weighted by Crippen LogP contribution is 2.27. The fourth-order valence-corrected chi connectivity index (χ4v) is 2.55. The molecule has 3 rings (SSSR count). The second-order valence-corrected chi connectivity index (χ2v) is 6.01. The molecule has 5 heteroatoms. The molecule has 0 saturated heterocycles. The van der Waals surface area contributed by atoms with Crippen molar-refractivity contribution in [3.05, 3.63) is 89.0 Å². The number of phenols is 2. The number of methoxy groups -OCH3 is 1. The molecule has 0 heterocycles. The minimum Gasteiger partial charge on any atom is -0.507 e. The average Bonchev–Trinajstić information content (AvgIpc) is 2.73. The Bertz CT molecular complexity index is 1040. The highest BCUT2D eigenvalue weighted by Gasteiger charge is 2.04. The van der Waals surface area contributed by atoms with E-state index in [4.69, 9.17) is 4.74 Å². The van der Waals surface area contributed by atoms with Crippen LogP contribution in [0.4, 0.5) is 0 Å². The van der Waals surface area contributed by atoms with Crippen molar-refractivity contribution in [1.82, 2.24) is 0 Å². The normalized spacial score (nSPS) is 11.2.